The fraction of sp³-hybridized carbons (Fsp3) is 0.333. The van der Waals surface area contributed by atoms with Crippen LogP contribution in [0.25, 0.3) is 11.6 Å². The van der Waals surface area contributed by atoms with E-state index in [0.717, 1.165) is 12.0 Å². The first kappa shape index (κ1) is 19.0. The lowest BCUT2D eigenvalue weighted by Gasteiger charge is -2.20. The Balaban J connectivity index is 1.36. The Bertz CT molecular complexity index is 1060. The second-order valence-electron chi connectivity index (χ2n) is 7.74. The maximum atomic E-state index is 14.4. The number of benzene rings is 1. The molecule has 154 valence electrons. The fourth-order valence-corrected chi connectivity index (χ4v) is 4.00. The van der Waals surface area contributed by atoms with Crippen LogP contribution in [0.15, 0.2) is 43.0 Å². The second-order valence-corrected chi connectivity index (χ2v) is 7.74. The van der Waals surface area contributed by atoms with Crippen LogP contribution in [-0.4, -0.2) is 55.4 Å². The molecule has 2 N–H and O–H groups in total. The number of anilines is 1. The van der Waals surface area contributed by atoms with Gasteiger partial charge in [-0.2, -0.15) is 0 Å². The number of aromatic nitrogens is 4. The summed E-state index contributed by atoms with van der Waals surface area (Å²) in [5, 5.41) is 19.5. The predicted molar refractivity (Wildman–Crippen MR) is 104 cm³/mol. The average molecular weight is 411 g/mol. The van der Waals surface area contributed by atoms with Crippen LogP contribution < -0.4 is 4.90 Å². The van der Waals surface area contributed by atoms with Crippen molar-refractivity contribution in [2.45, 2.75) is 30.5 Å². The molecule has 4 atom stereocenters. The van der Waals surface area contributed by atoms with E-state index in [-0.39, 0.29) is 30.6 Å². The van der Waals surface area contributed by atoms with Gasteiger partial charge in [-0.15, -0.1) is 0 Å². The summed E-state index contributed by atoms with van der Waals surface area (Å²) in [7, 11) is 0. The molecule has 3 heterocycles. The highest BCUT2D eigenvalue weighted by Gasteiger charge is 2.41. The summed E-state index contributed by atoms with van der Waals surface area (Å²) in [5.74, 6) is -0.888. The molecule has 0 spiro atoms. The molecule has 0 unspecified atom stereocenters. The van der Waals surface area contributed by atoms with Gasteiger partial charge in [0.2, 0.25) is 0 Å². The van der Waals surface area contributed by atoms with Crippen molar-refractivity contribution >= 4 is 5.69 Å². The molecule has 7 nitrogen and oxygen atoms in total. The lowest BCUT2D eigenvalue weighted by Crippen LogP contribution is -2.22. The zero-order chi connectivity index (χ0) is 20.8. The van der Waals surface area contributed by atoms with Gasteiger partial charge in [-0.25, -0.2) is 28.7 Å². The lowest BCUT2D eigenvalue weighted by molar-refractivity contribution is 0.0572. The number of aliphatic hydroxyl groups is 2. The standard InChI is InChI=1S/C21H19F2N5O2/c22-15-4-11(5-16(19(15)23)28-9-17(29)18(30)10-28)13-6-14(13)12-7-26-21(27-8-12)20-24-2-1-3-25-20/h1-5,7-8,13-14,17-18,29-30H,6,9-10H2/t13-,14-,17+,18+/m0/s1. The summed E-state index contributed by atoms with van der Waals surface area (Å²) in [6, 6.07) is 4.55. The number of halogens is 2. The molecule has 3 aromatic rings. The Labute approximate surface area is 171 Å². The van der Waals surface area contributed by atoms with Gasteiger partial charge in [0.1, 0.15) is 0 Å². The van der Waals surface area contributed by atoms with Gasteiger partial charge in [0.15, 0.2) is 23.3 Å². The van der Waals surface area contributed by atoms with Gasteiger partial charge < -0.3 is 15.1 Å². The van der Waals surface area contributed by atoms with Gasteiger partial charge >= 0.3 is 0 Å². The summed E-state index contributed by atoms with van der Waals surface area (Å²) < 4.78 is 28.7. The van der Waals surface area contributed by atoms with E-state index in [1.807, 2.05) is 0 Å². The third-order valence-electron chi connectivity index (χ3n) is 5.72. The summed E-state index contributed by atoms with van der Waals surface area (Å²) in [5.41, 5.74) is 1.66. The monoisotopic (exact) mass is 411 g/mol. The molecule has 0 bridgehead atoms. The first-order valence-electron chi connectivity index (χ1n) is 9.70. The third kappa shape index (κ3) is 3.40. The van der Waals surface area contributed by atoms with Crippen molar-refractivity contribution in [1.82, 2.24) is 19.9 Å². The average Bonchev–Trinajstić information content (AvgIpc) is 3.50. The van der Waals surface area contributed by atoms with Gasteiger partial charge in [-0.3, -0.25) is 0 Å². The number of rotatable bonds is 4. The Hall–Kier alpha value is -3.04. The van der Waals surface area contributed by atoms with E-state index >= 15 is 0 Å². The minimum absolute atomic E-state index is 0.0266. The van der Waals surface area contributed by atoms with Crippen LogP contribution in [0.5, 0.6) is 0 Å². The molecule has 0 amide bonds. The van der Waals surface area contributed by atoms with E-state index in [4.69, 9.17) is 0 Å². The van der Waals surface area contributed by atoms with Crippen LogP contribution in [0.4, 0.5) is 14.5 Å². The van der Waals surface area contributed by atoms with Crippen molar-refractivity contribution in [1.29, 1.82) is 0 Å². The molecular formula is C21H19F2N5O2. The van der Waals surface area contributed by atoms with Crippen molar-refractivity contribution < 1.29 is 19.0 Å². The number of aliphatic hydroxyl groups excluding tert-OH is 2. The highest BCUT2D eigenvalue weighted by atomic mass is 19.2. The molecule has 0 radical (unpaired) electrons. The molecule has 1 saturated carbocycles. The molecule has 1 aliphatic heterocycles. The van der Waals surface area contributed by atoms with Gasteiger partial charge in [0.05, 0.1) is 17.9 Å². The molecule has 2 fully saturated rings. The summed E-state index contributed by atoms with van der Waals surface area (Å²) in [4.78, 5) is 18.4. The minimum Gasteiger partial charge on any atom is -0.389 e. The van der Waals surface area contributed by atoms with Crippen LogP contribution in [0, 0.1) is 11.6 Å². The Morgan fingerprint density at radius 2 is 1.43 bits per heavy atom. The van der Waals surface area contributed by atoms with Gasteiger partial charge in [-0.1, -0.05) is 0 Å². The summed E-state index contributed by atoms with van der Waals surface area (Å²) >= 11 is 0. The van der Waals surface area contributed by atoms with E-state index < -0.39 is 23.8 Å². The van der Waals surface area contributed by atoms with Gasteiger partial charge in [0, 0.05) is 37.9 Å². The normalized spacial score (nSPS) is 25.5. The molecule has 30 heavy (non-hydrogen) atoms. The highest BCUT2D eigenvalue weighted by Crippen LogP contribution is 2.55. The number of hydrogen-bond acceptors (Lipinski definition) is 7. The summed E-state index contributed by atoms with van der Waals surface area (Å²) in [6.45, 7) is 0.123. The van der Waals surface area contributed by atoms with E-state index in [1.165, 1.54) is 11.0 Å². The van der Waals surface area contributed by atoms with Crippen molar-refractivity contribution in [2.75, 3.05) is 18.0 Å². The Morgan fingerprint density at radius 3 is 2.10 bits per heavy atom. The zero-order valence-corrected chi connectivity index (χ0v) is 15.9. The smallest absolute Gasteiger partial charge is 0.197 e. The Morgan fingerprint density at radius 1 is 0.833 bits per heavy atom. The van der Waals surface area contributed by atoms with Gasteiger partial charge in [-0.05, 0) is 47.6 Å². The maximum absolute atomic E-state index is 14.4. The van der Waals surface area contributed by atoms with E-state index in [1.54, 1.807) is 36.9 Å². The molecule has 1 aliphatic carbocycles. The number of hydrogen-bond donors (Lipinski definition) is 2. The topological polar surface area (TPSA) is 95.3 Å². The van der Waals surface area contributed by atoms with Crippen LogP contribution >= 0.6 is 0 Å². The number of β-amino-alcohol motifs (C(OH)–C–C–N with tert-alkyl or cyclic N) is 2. The van der Waals surface area contributed by atoms with Crippen molar-refractivity contribution in [3.63, 3.8) is 0 Å². The number of nitrogens with zero attached hydrogens (tertiary/aromatic N) is 5. The predicted octanol–water partition coefficient (Wildman–Crippen LogP) is 2.02. The third-order valence-corrected chi connectivity index (χ3v) is 5.72. The lowest BCUT2D eigenvalue weighted by atomic mass is 10.0. The molecular weight excluding hydrogens is 392 g/mol. The van der Waals surface area contributed by atoms with Gasteiger partial charge in [0.25, 0.3) is 0 Å². The van der Waals surface area contributed by atoms with Crippen LogP contribution in [0.2, 0.25) is 0 Å². The van der Waals surface area contributed by atoms with Crippen molar-refractivity contribution in [3.8, 4) is 11.6 Å². The second kappa shape index (κ2) is 7.33. The molecule has 2 aliphatic rings. The first-order valence-corrected chi connectivity index (χ1v) is 9.70. The zero-order valence-electron chi connectivity index (χ0n) is 15.9. The van der Waals surface area contributed by atoms with Crippen molar-refractivity contribution in [2.24, 2.45) is 0 Å². The van der Waals surface area contributed by atoms with Crippen LogP contribution in [0.3, 0.4) is 0 Å². The largest absolute Gasteiger partial charge is 0.389 e. The van der Waals surface area contributed by atoms with Crippen LogP contribution in [0.1, 0.15) is 29.4 Å². The molecule has 5 rings (SSSR count). The summed E-state index contributed by atoms with van der Waals surface area (Å²) in [6.07, 6.45) is 5.50. The minimum atomic E-state index is -0.978. The fourth-order valence-electron chi connectivity index (χ4n) is 4.00. The molecule has 9 heteroatoms. The quantitative estimate of drug-likeness (QED) is 0.678. The van der Waals surface area contributed by atoms with Crippen LogP contribution in [-0.2, 0) is 0 Å². The molecule has 1 saturated heterocycles. The SMILES string of the molecule is O[C@@H]1CN(c2cc([C@@H]3C[C@H]3c3cnc(-c4ncccn4)nc3)cc(F)c2F)C[C@H]1O. The van der Waals surface area contributed by atoms with E-state index in [9.17, 15) is 19.0 Å². The first-order chi connectivity index (χ1) is 14.5. The molecule has 2 aromatic heterocycles. The van der Waals surface area contributed by atoms with E-state index in [2.05, 4.69) is 19.9 Å². The maximum Gasteiger partial charge on any atom is 0.197 e. The van der Waals surface area contributed by atoms with Crippen molar-refractivity contribution in [3.05, 3.63) is 65.7 Å². The highest BCUT2D eigenvalue weighted by molar-refractivity contribution is 5.54. The Kier molecular flexibility index (Phi) is 4.63. The molecule has 1 aromatic carbocycles. The van der Waals surface area contributed by atoms with E-state index in [0.29, 0.717) is 17.2 Å².